The highest BCUT2D eigenvalue weighted by Gasteiger charge is 2.10. The number of nitrogens with zero attached hydrogens (tertiary/aromatic N) is 3. The van der Waals surface area contributed by atoms with Crippen LogP contribution in [-0.2, 0) is 5.88 Å². The van der Waals surface area contributed by atoms with Crippen LogP contribution in [-0.4, -0.2) is 23.1 Å². The lowest BCUT2D eigenvalue weighted by molar-refractivity contribution is 0.553. The Kier molecular flexibility index (Phi) is 4.40. The molecule has 1 aromatic rings. The molecule has 1 saturated heterocycles. The SMILES string of the molecule is ClCc1cncc(N2CCCCCCC2)n1. The van der Waals surface area contributed by atoms with E-state index in [4.69, 9.17) is 11.6 Å². The van der Waals surface area contributed by atoms with E-state index in [1.807, 2.05) is 6.20 Å². The summed E-state index contributed by atoms with van der Waals surface area (Å²) >= 11 is 5.78. The van der Waals surface area contributed by atoms with Crippen molar-refractivity contribution in [3.63, 3.8) is 0 Å². The van der Waals surface area contributed by atoms with Crippen molar-refractivity contribution in [2.75, 3.05) is 18.0 Å². The molecule has 0 N–H and O–H groups in total. The van der Waals surface area contributed by atoms with Crippen molar-refractivity contribution < 1.29 is 0 Å². The standard InChI is InChI=1S/C12H18ClN3/c13-8-11-9-14-10-12(15-11)16-6-4-2-1-3-5-7-16/h9-10H,1-8H2. The number of hydrogen-bond donors (Lipinski definition) is 0. The molecule has 2 rings (SSSR count). The maximum Gasteiger partial charge on any atom is 0.147 e. The fourth-order valence-corrected chi connectivity index (χ4v) is 2.22. The van der Waals surface area contributed by atoms with Crippen LogP contribution < -0.4 is 4.90 Å². The maximum absolute atomic E-state index is 5.78. The summed E-state index contributed by atoms with van der Waals surface area (Å²) < 4.78 is 0. The largest absolute Gasteiger partial charge is 0.355 e. The lowest BCUT2D eigenvalue weighted by Crippen LogP contribution is -2.28. The van der Waals surface area contributed by atoms with Gasteiger partial charge in [-0.1, -0.05) is 19.3 Å². The minimum absolute atomic E-state index is 0.439. The average molecular weight is 240 g/mol. The van der Waals surface area contributed by atoms with Crippen LogP contribution >= 0.6 is 11.6 Å². The van der Waals surface area contributed by atoms with Crippen molar-refractivity contribution in [2.45, 2.75) is 38.0 Å². The van der Waals surface area contributed by atoms with Gasteiger partial charge in [-0.05, 0) is 12.8 Å². The molecule has 2 heterocycles. The van der Waals surface area contributed by atoms with Crippen molar-refractivity contribution >= 4 is 17.4 Å². The summed E-state index contributed by atoms with van der Waals surface area (Å²) in [5.74, 6) is 1.43. The lowest BCUT2D eigenvalue weighted by Gasteiger charge is -2.25. The van der Waals surface area contributed by atoms with Gasteiger partial charge in [-0.15, -0.1) is 11.6 Å². The van der Waals surface area contributed by atoms with Crippen LogP contribution in [0.4, 0.5) is 5.82 Å². The van der Waals surface area contributed by atoms with Gasteiger partial charge < -0.3 is 4.90 Å². The maximum atomic E-state index is 5.78. The molecule has 88 valence electrons. The number of hydrogen-bond acceptors (Lipinski definition) is 3. The van der Waals surface area contributed by atoms with Crippen molar-refractivity contribution in [3.8, 4) is 0 Å². The monoisotopic (exact) mass is 239 g/mol. The van der Waals surface area contributed by atoms with E-state index in [1.165, 1.54) is 32.1 Å². The molecule has 0 bridgehead atoms. The number of alkyl halides is 1. The fraction of sp³-hybridized carbons (Fsp3) is 0.667. The van der Waals surface area contributed by atoms with Crippen molar-refractivity contribution in [3.05, 3.63) is 18.1 Å². The van der Waals surface area contributed by atoms with Gasteiger partial charge in [0.05, 0.1) is 17.8 Å². The van der Waals surface area contributed by atoms with Crippen LogP contribution in [0, 0.1) is 0 Å². The Morgan fingerprint density at radius 3 is 2.44 bits per heavy atom. The van der Waals surface area contributed by atoms with Gasteiger partial charge in [-0.25, -0.2) is 4.98 Å². The second-order valence-electron chi connectivity index (χ2n) is 4.26. The smallest absolute Gasteiger partial charge is 0.147 e. The summed E-state index contributed by atoms with van der Waals surface area (Å²) in [6, 6.07) is 0. The Hall–Kier alpha value is -0.830. The molecule has 4 heteroatoms. The summed E-state index contributed by atoms with van der Waals surface area (Å²) in [5, 5.41) is 0. The second-order valence-corrected chi connectivity index (χ2v) is 4.52. The van der Waals surface area contributed by atoms with E-state index in [9.17, 15) is 0 Å². The van der Waals surface area contributed by atoms with Crippen LogP contribution in [0.5, 0.6) is 0 Å². The van der Waals surface area contributed by atoms with Crippen molar-refractivity contribution in [2.24, 2.45) is 0 Å². The Morgan fingerprint density at radius 2 is 1.75 bits per heavy atom. The van der Waals surface area contributed by atoms with E-state index in [0.29, 0.717) is 5.88 Å². The van der Waals surface area contributed by atoms with Crippen molar-refractivity contribution in [1.82, 2.24) is 9.97 Å². The first kappa shape index (κ1) is 11.6. The molecule has 3 nitrogen and oxygen atoms in total. The molecule has 1 aromatic heterocycles. The third-order valence-corrected chi connectivity index (χ3v) is 3.26. The fourth-order valence-electron chi connectivity index (χ4n) is 2.09. The molecule has 0 spiro atoms. The molecule has 1 aliphatic rings. The van der Waals surface area contributed by atoms with Gasteiger partial charge in [0, 0.05) is 19.3 Å². The Morgan fingerprint density at radius 1 is 1.06 bits per heavy atom. The van der Waals surface area contributed by atoms with E-state index < -0.39 is 0 Å². The zero-order valence-electron chi connectivity index (χ0n) is 9.53. The zero-order chi connectivity index (χ0) is 11.2. The van der Waals surface area contributed by atoms with Gasteiger partial charge in [0.15, 0.2) is 0 Å². The van der Waals surface area contributed by atoms with Crippen LogP contribution in [0.2, 0.25) is 0 Å². The van der Waals surface area contributed by atoms with Crippen LogP contribution in [0.1, 0.15) is 37.8 Å². The topological polar surface area (TPSA) is 29.0 Å². The summed E-state index contributed by atoms with van der Waals surface area (Å²) in [6.45, 7) is 2.20. The van der Waals surface area contributed by atoms with E-state index in [-0.39, 0.29) is 0 Å². The van der Waals surface area contributed by atoms with E-state index in [2.05, 4.69) is 14.9 Å². The quantitative estimate of drug-likeness (QED) is 0.743. The first-order valence-corrected chi connectivity index (χ1v) is 6.55. The minimum atomic E-state index is 0.439. The molecule has 0 atom stereocenters. The predicted octanol–water partition coefficient (Wildman–Crippen LogP) is 2.99. The predicted molar refractivity (Wildman–Crippen MR) is 66.9 cm³/mol. The highest BCUT2D eigenvalue weighted by Crippen LogP contribution is 2.16. The highest BCUT2D eigenvalue weighted by molar-refractivity contribution is 6.16. The van der Waals surface area contributed by atoms with E-state index >= 15 is 0 Å². The normalized spacial score (nSPS) is 17.9. The zero-order valence-corrected chi connectivity index (χ0v) is 10.3. The van der Waals surface area contributed by atoms with Crippen LogP contribution in [0.3, 0.4) is 0 Å². The third kappa shape index (κ3) is 3.08. The van der Waals surface area contributed by atoms with Gasteiger partial charge in [0.1, 0.15) is 5.82 Å². The van der Waals surface area contributed by atoms with Gasteiger partial charge in [-0.3, -0.25) is 4.98 Å². The molecule has 0 amide bonds. The number of anilines is 1. The molecule has 0 unspecified atom stereocenters. The molecule has 1 fully saturated rings. The molecule has 1 aliphatic heterocycles. The van der Waals surface area contributed by atoms with Crippen LogP contribution in [0.25, 0.3) is 0 Å². The Labute approximate surface area is 102 Å². The van der Waals surface area contributed by atoms with E-state index in [1.54, 1.807) is 6.20 Å². The summed E-state index contributed by atoms with van der Waals surface area (Å²) in [5.41, 5.74) is 0.862. The highest BCUT2D eigenvalue weighted by atomic mass is 35.5. The van der Waals surface area contributed by atoms with Gasteiger partial charge in [-0.2, -0.15) is 0 Å². The first-order chi connectivity index (χ1) is 7.90. The molecular formula is C12H18ClN3. The van der Waals surface area contributed by atoms with Gasteiger partial charge >= 0.3 is 0 Å². The third-order valence-electron chi connectivity index (χ3n) is 2.99. The lowest BCUT2D eigenvalue weighted by atomic mass is 10.1. The molecule has 0 aromatic carbocycles. The molecular weight excluding hydrogens is 222 g/mol. The number of halogens is 1. The second kappa shape index (κ2) is 6.04. The van der Waals surface area contributed by atoms with E-state index in [0.717, 1.165) is 24.6 Å². The summed E-state index contributed by atoms with van der Waals surface area (Å²) in [4.78, 5) is 11.1. The molecule has 16 heavy (non-hydrogen) atoms. The Bertz CT molecular complexity index is 322. The van der Waals surface area contributed by atoms with Gasteiger partial charge in [0.2, 0.25) is 0 Å². The summed E-state index contributed by atoms with van der Waals surface area (Å²) in [6.07, 6.45) is 10.1. The number of aromatic nitrogens is 2. The minimum Gasteiger partial charge on any atom is -0.355 e. The molecule has 0 saturated carbocycles. The molecule has 0 aliphatic carbocycles. The number of rotatable bonds is 2. The van der Waals surface area contributed by atoms with Crippen LogP contribution in [0.15, 0.2) is 12.4 Å². The summed E-state index contributed by atoms with van der Waals surface area (Å²) in [7, 11) is 0. The van der Waals surface area contributed by atoms with Gasteiger partial charge in [0.25, 0.3) is 0 Å². The molecule has 0 radical (unpaired) electrons. The van der Waals surface area contributed by atoms with Crippen molar-refractivity contribution in [1.29, 1.82) is 0 Å². The Balaban J connectivity index is 2.07. The first-order valence-electron chi connectivity index (χ1n) is 6.02. The average Bonchev–Trinajstić information content (AvgIpc) is 2.29.